The van der Waals surface area contributed by atoms with E-state index in [1.54, 1.807) is 6.07 Å². The van der Waals surface area contributed by atoms with Crippen molar-refractivity contribution in [3.05, 3.63) is 23.8 Å². The second kappa shape index (κ2) is 8.70. The molecule has 0 aromatic heterocycles. The van der Waals surface area contributed by atoms with Crippen LogP contribution in [0, 0.1) is 11.3 Å². The fraction of sp³-hybridized carbons (Fsp3) is 0.308. The molecule has 0 aliphatic rings. The summed E-state index contributed by atoms with van der Waals surface area (Å²) in [7, 11) is -3.09. The van der Waals surface area contributed by atoms with Crippen LogP contribution in [0.25, 0.3) is 0 Å². The minimum Gasteiger partial charge on any atom is -0.465 e. The molecule has 0 saturated heterocycles. The molecule has 1 aromatic rings. The second-order valence-corrected chi connectivity index (χ2v) is 5.78. The van der Waals surface area contributed by atoms with E-state index in [-0.39, 0.29) is 24.3 Å². The van der Waals surface area contributed by atoms with Gasteiger partial charge in [0.15, 0.2) is 6.54 Å². The molecule has 24 heavy (non-hydrogen) atoms. The standard InChI is InChI=1S/C13H14N4O6S/c1-22-13(19)10-4-3-9(7-11(10)24(15,20)21)17-16-8-12(18)23-6-2-5-14/h3-4,7H,2,6,8H2,1H3,(H2,15,20,21). The van der Waals surface area contributed by atoms with Gasteiger partial charge in [0.25, 0.3) is 0 Å². The molecule has 0 aliphatic carbocycles. The van der Waals surface area contributed by atoms with Crippen molar-refractivity contribution in [2.24, 2.45) is 15.4 Å². The fourth-order valence-electron chi connectivity index (χ4n) is 1.52. The highest BCUT2D eigenvalue weighted by molar-refractivity contribution is 7.89. The van der Waals surface area contributed by atoms with E-state index in [0.29, 0.717) is 0 Å². The Bertz CT molecular complexity index is 797. The van der Waals surface area contributed by atoms with Crippen molar-refractivity contribution in [3.8, 4) is 6.07 Å². The van der Waals surface area contributed by atoms with Crippen LogP contribution >= 0.6 is 0 Å². The van der Waals surface area contributed by atoms with E-state index < -0.39 is 33.4 Å². The maximum Gasteiger partial charge on any atom is 0.339 e. The Morgan fingerprint density at radius 1 is 1.38 bits per heavy atom. The highest BCUT2D eigenvalue weighted by atomic mass is 32.2. The lowest BCUT2D eigenvalue weighted by atomic mass is 10.2. The number of esters is 2. The van der Waals surface area contributed by atoms with Crippen molar-refractivity contribution in [2.75, 3.05) is 20.3 Å². The van der Waals surface area contributed by atoms with Crippen molar-refractivity contribution in [2.45, 2.75) is 11.3 Å². The lowest BCUT2D eigenvalue weighted by molar-refractivity contribution is -0.141. The predicted octanol–water partition coefficient (Wildman–Crippen LogP) is 0.661. The number of sulfonamides is 1. The van der Waals surface area contributed by atoms with Crippen LogP contribution < -0.4 is 5.14 Å². The first-order chi connectivity index (χ1) is 11.3. The first-order valence-electron chi connectivity index (χ1n) is 6.45. The van der Waals surface area contributed by atoms with Gasteiger partial charge in [-0.1, -0.05) is 0 Å². The van der Waals surface area contributed by atoms with Crippen LogP contribution in [0.1, 0.15) is 16.8 Å². The molecular weight excluding hydrogens is 340 g/mol. The zero-order valence-corrected chi connectivity index (χ0v) is 13.4. The summed E-state index contributed by atoms with van der Waals surface area (Å²) in [5.41, 5.74) is -0.175. The van der Waals surface area contributed by atoms with Gasteiger partial charge in [0.05, 0.1) is 35.7 Å². The summed E-state index contributed by atoms with van der Waals surface area (Å²) in [6, 6.07) is 5.32. The number of nitrogens with zero attached hydrogens (tertiary/aromatic N) is 3. The smallest absolute Gasteiger partial charge is 0.339 e. The lowest BCUT2D eigenvalue weighted by Crippen LogP contribution is -2.17. The topological polar surface area (TPSA) is 161 Å². The lowest BCUT2D eigenvalue weighted by Gasteiger charge is -2.06. The number of carbonyl (C=O) groups is 2. The van der Waals surface area contributed by atoms with Crippen molar-refractivity contribution in [1.29, 1.82) is 5.26 Å². The van der Waals surface area contributed by atoms with Gasteiger partial charge in [0.1, 0.15) is 6.61 Å². The van der Waals surface area contributed by atoms with Crippen molar-refractivity contribution < 1.29 is 27.5 Å². The Morgan fingerprint density at radius 2 is 2.08 bits per heavy atom. The van der Waals surface area contributed by atoms with Gasteiger partial charge in [-0.25, -0.2) is 23.1 Å². The van der Waals surface area contributed by atoms with Crippen LogP contribution in [0.15, 0.2) is 33.3 Å². The van der Waals surface area contributed by atoms with Crippen LogP contribution in [-0.2, 0) is 24.3 Å². The minimum atomic E-state index is -4.19. The monoisotopic (exact) mass is 354 g/mol. The number of rotatable bonds is 7. The van der Waals surface area contributed by atoms with E-state index >= 15 is 0 Å². The van der Waals surface area contributed by atoms with E-state index in [4.69, 9.17) is 10.4 Å². The number of nitrogens with two attached hydrogens (primary N) is 1. The Hall–Kier alpha value is -2.84. The zero-order chi connectivity index (χ0) is 18.2. The summed E-state index contributed by atoms with van der Waals surface area (Å²) in [6.07, 6.45) is 0.0651. The summed E-state index contributed by atoms with van der Waals surface area (Å²) >= 11 is 0. The molecule has 0 aliphatic heterocycles. The minimum absolute atomic E-state index is 0.0474. The molecule has 0 unspecified atom stereocenters. The Balaban J connectivity index is 2.91. The number of hydrogen-bond acceptors (Lipinski definition) is 9. The molecule has 0 amide bonds. The molecule has 0 spiro atoms. The number of primary sulfonamides is 1. The summed E-state index contributed by atoms with van der Waals surface area (Å²) in [5, 5.41) is 20.6. The largest absolute Gasteiger partial charge is 0.465 e. The van der Waals surface area contributed by atoms with E-state index in [1.165, 1.54) is 12.1 Å². The van der Waals surface area contributed by atoms with Gasteiger partial charge in [-0.2, -0.15) is 15.5 Å². The number of ether oxygens (including phenoxy) is 2. The van der Waals surface area contributed by atoms with E-state index in [9.17, 15) is 18.0 Å². The maximum atomic E-state index is 11.6. The number of carbonyl (C=O) groups excluding carboxylic acids is 2. The van der Waals surface area contributed by atoms with Crippen LogP contribution in [0.2, 0.25) is 0 Å². The number of azo groups is 1. The van der Waals surface area contributed by atoms with E-state index in [1.807, 2.05) is 0 Å². The second-order valence-electron chi connectivity index (χ2n) is 4.25. The van der Waals surface area contributed by atoms with Gasteiger partial charge < -0.3 is 9.47 Å². The summed E-state index contributed by atoms with van der Waals surface area (Å²) in [6.45, 7) is -0.455. The molecule has 0 atom stereocenters. The molecule has 0 radical (unpaired) electrons. The fourth-order valence-corrected chi connectivity index (χ4v) is 2.26. The first-order valence-corrected chi connectivity index (χ1v) is 7.99. The Morgan fingerprint density at radius 3 is 2.67 bits per heavy atom. The molecule has 11 heteroatoms. The number of benzene rings is 1. The molecule has 10 nitrogen and oxygen atoms in total. The van der Waals surface area contributed by atoms with Crippen LogP contribution in [0.3, 0.4) is 0 Å². The molecular formula is C13H14N4O6S. The Labute approximate surface area is 137 Å². The van der Waals surface area contributed by atoms with E-state index in [2.05, 4.69) is 19.7 Å². The van der Waals surface area contributed by atoms with Gasteiger partial charge in [0.2, 0.25) is 10.0 Å². The molecule has 1 rings (SSSR count). The number of methoxy groups -OCH3 is 1. The normalized spacial score (nSPS) is 11.0. The molecule has 0 saturated carbocycles. The predicted molar refractivity (Wildman–Crippen MR) is 79.7 cm³/mol. The molecule has 0 heterocycles. The third-order valence-corrected chi connectivity index (χ3v) is 3.49. The Kier molecular flexibility index (Phi) is 6.97. The zero-order valence-electron chi connectivity index (χ0n) is 12.6. The van der Waals surface area contributed by atoms with Crippen molar-refractivity contribution in [1.82, 2.24) is 0 Å². The molecule has 1 aromatic carbocycles. The highest BCUT2D eigenvalue weighted by Crippen LogP contribution is 2.22. The third-order valence-electron chi connectivity index (χ3n) is 2.54. The molecule has 0 bridgehead atoms. The highest BCUT2D eigenvalue weighted by Gasteiger charge is 2.20. The van der Waals surface area contributed by atoms with Gasteiger partial charge in [-0.15, -0.1) is 0 Å². The van der Waals surface area contributed by atoms with Crippen LogP contribution in [-0.4, -0.2) is 40.6 Å². The third kappa shape index (κ3) is 5.75. The van der Waals surface area contributed by atoms with Crippen molar-refractivity contribution >= 4 is 27.6 Å². The SMILES string of the molecule is COC(=O)c1ccc(N=NCC(=O)OCCC#N)cc1S(N)(=O)=O. The van der Waals surface area contributed by atoms with E-state index in [0.717, 1.165) is 13.2 Å². The number of hydrogen-bond donors (Lipinski definition) is 1. The van der Waals surface area contributed by atoms with Gasteiger partial charge in [-0.3, -0.25) is 0 Å². The van der Waals surface area contributed by atoms with Gasteiger partial charge in [0, 0.05) is 0 Å². The average molecular weight is 354 g/mol. The molecule has 2 N–H and O–H groups in total. The maximum absolute atomic E-state index is 11.6. The van der Waals surface area contributed by atoms with Gasteiger partial charge >= 0.3 is 11.9 Å². The summed E-state index contributed by atoms with van der Waals surface area (Å²) < 4.78 is 32.3. The van der Waals surface area contributed by atoms with Crippen LogP contribution in [0.4, 0.5) is 5.69 Å². The summed E-state index contributed by atoms with van der Waals surface area (Å²) in [5.74, 6) is -1.56. The summed E-state index contributed by atoms with van der Waals surface area (Å²) in [4.78, 5) is 22.3. The van der Waals surface area contributed by atoms with Gasteiger partial charge in [-0.05, 0) is 18.2 Å². The molecule has 0 fully saturated rings. The quantitative estimate of drug-likeness (QED) is 0.427. The van der Waals surface area contributed by atoms with Crippen LogP contribution in [0.5, 0.6) is 0 Å². The number of nitriles is 1. The first kappa shape index (κ1) is 19.2. The molecule has 128 valence electrons. The van der Waals surface area contributed by atoms with Crippen molar-refractivity contribution in [3.63, 3.8) is 0 Å². The average Bonchev–Trinajstić information content (AvgIpc) is 2.53.